The maximum atomic E-state index is 12.2. The summed E-state index contributed by atoms with van der Waals surface area (Å²) in [6.07, 6.45) is -0.201. The number of anilines is 1. The average Bonchev–Trinajstić information content (AvgIpc) is 3.14. The second-order valence-corrected chi connectivity index (χ2v) is 7.54. The van der Waals surface area contributed by atoms with Crippen LogP contribution in [0.3, 0.4) is 0 Å². The molecule has 2 N–H and O–H groups in total. The first-order valence-corrected chi connectivity index (χ1v) is 9.89. The van der Waals surface area contributed by atoms with Crippen LogP contribution >= 0.6 is 0 Å². The van der Waals surface area contributed by atoms with Gasteiger partial charge in [-0.15, -0.1) is 0 Å². The fourth-order valence-electron chi connectivity index (χ4n) is 2.18. The molecule has 2 aromatic rings. The van der Waals surface area contributed by atoms with Gasteiger partial charge in [-0.1, -0.05) is 0 Å². The van der Waals surface area contributed by atoms with Crippen LogP contribution in [0.5, 0.6) is 0 Å². The van der Waals surface area contributed by atoms with Gasteiger partial charge in [0.15, 0.2) is 0 Å². The highest BCUT2D eigenvalue weighted by Crippen LogP contribution is 2.14. The molecule has 29 heavy (non-hydrogen) atoms. The summed E-state index contributed by atoms with van der Waals surface area (Å²) in [6, 6.07) is 8.43. The Morgan fingerprint density at radius 2 is 1.76 bits per heavy atom. The number of nitrogens with one attached hydrogen (secondary N) is 2. The second-order valence-electron chi connectivity index (χ2n) is 5.77. The van der Waals surface area contributed by atoms with E-state index in [1.165, 1.54) is 50.4 Å². The van der Waals surface area contributed by atoms with Gasteiger partial charge in [0.1, 0.15) is 12.4 Å². The molecule has 1 aromatic carbocycles. The highest BCUT2D eigenvalue weighted by Gasteiger charge is 2.16. The topological polar surface area (TPSA) is 141 Å². The van der Waals surface area contributed by atoms with E-state index in [9.17, 15) is 22.8 Å². The van der Waals surface area contributed by atoms with Crippen molar-refractivity contribution in [1.29, 1.82) is 0 Å². The molecule has 0 aliphatic rings. The molecule has 0 aliphatic carbocycles. The Hall–Kier alpha value is -3.18. The first-order chi connectivity index (χ1) is 13.7. The number of carbonyl (C=O) groups is 3. The molecular weight excluding hydrogens is 404 g/mol. The molecule has 0 aliphatic heterocycles. The number of benzene rings is 1. The Morgan fingerprint density at radius 1 is 1.07 bits per heavy atom. The van der Waals surface area contributed by atoms with Crippen molar-refractivity contribution >= 4 is 33.6 Å². The van der Waals surface area contributed by atoms with Gasteiger partial charge in [0, 0.05) is 19.2 Å². The fraction of sp³-hybridized carbons (Fsp3) is 0.278. The minimum atomic E-state index is -3.82. The van der Waals surface area contributed by atoms with E-state index < -0.39 is 22.0 Å². The lowest BCUT2D eigenvalue weighted by molar-refractivity contribution is -0.145. The lowest BCUT2D eigenvalue weighted by Crippen LogP contribution is -2.26. The summed E-state index contributed by atoms with van der Waals surface area (Å²) >= 11 is 0. The SMILES string of the molecule is COC(=O)c1ccc(COC(=O)CCNS(=O)(=O)c2ccc(NC(C)=O)cc2)o1. The van der Waals surface area contributed by atoms with E-state index >= 15 is 0 Å². The van der Waals surface area contributed by atoms with Crippen molar-refractivity contribution in [3.8, 4) is 0 Å². The summed E-state index contributed by atoms with van der Waals surface area (Å²) in [5.74, 6) is -1.34. The number of methoxy groups -OCH3 is 1. The molecule has 0 fully saturated rings. The van der Waals surface area contributed by atoms with Crippen LogP contribution in [0.4, 0.5) is 5.69 Å². The molecule has 1 heterocycles. The molecule has 0 saturated heterocycles. The van der Waals surface area contributed by atoms with Crippen LogP contribution in [0.15, 0.2) is 45.7 Å². The van der Waals surface area contributed by atoms with Crippen LogP contribution in [0, 0.1) is 0 Å². The van der Waals surface area contributed by atoms with Gasteiger partial charge in [0.25, 0.3) is 0 Å². The van der Waals surface area contributed by atoms with Crippen LogP contribution in [0.1, 0.15) is 29.7 Å². The maximum Gasteiger partial charge on any atom is 0.373 e. The summed E-state index contributed by atoms with van der Waals surface area (Å²) < 4.78 is 41.3. The summed E-state index contributed by atoms with van der Waals surface area (Å²) in [6.45, 7) is 0.975. The van der Waals surface area contributed by atoms with Crippen molar-refractivity contribution < 1.29 is 36.7 Å². The van der Waals surface area contributed by atoms with Crippen molar-refractivity contribution in [1.82, 2.24) is 4.72 Å². The monoisotopic (exact) mass is 424 g/mol. The predicted molar refractivity (Wildman–Crippen MR) is 100 cm³/mol. The van der Waals surface area contributed by atoms with Gasteiger partial charge in [-0.3, -0.25) is 9.59 Å². The Labute approximate surface area is 167 Å². The highest BCUT2D eigenvalue weighted by molar-refractivity contribution is 7.89. The number of rotatable bonds is 9. The Bertz CT molecular complexity index is 980. The average molecular weight is 424 g/mol. The third kappa shape index (κ3) is 6.73. The summed E-state index contributed by atoms with van der Waals surface area (Å²) in [5.41, 5.74) is 0.466. The van der Waals surface area contributed by atoms with Crippen molar-refractivity contribution in [2.45, 2.75) is 24.8 Å². The van der Waals surface area contributed by atoms with Crippen LogP contribution in [0.25, 0.3) is 0 Å². The second kappa shape index (κ2) is 9.85. The largest absolute Gasteiger partial charge is 0.463 e. The Kier molecular flexibility index (Phi) is 7.51. The minimum Gasteiger partial charge on any atom is -0.463 e. The van der Waals surface area contributed by atoms with E-state index in [0.29, 0.717) is 5.69 Å². The lowest BCUT2D eigenvalue weighted by Gasteiger charge is -2.08. The number of hydrogen-bond donors (Lipinski definition) is 2. The normalized spacial score (nSPS) is 11.0. The predicted octanol–water partition coefficient (Wildman–Crippen LogP) is 1.44. The molecule has 0 saturated carbocycles. The van der Waals surface area contributed by atoms with Crippen molar-refractivity contribution in [2.75, 3.05) is 19.0 Å². The molecular formula is C18H20N2O8S. The quantitative estimate of drug-likeness (QED) is 0.576. The number of sulfonamides is 1. The number of esters is 2. The number of amides is 1. The summed E-state index contributed by atoms with van der Waals surface area (Å²) in [5, 5.41) is 2.53. The molecule has 0 bridgehead atoms. The zero-order valence-electron chi connectivity index (χ0n) is 15.8. The number of furan rings is 1. The summed E-state index contributed by atoms with van der Waals surface area (Å²) in [7, 11) is -2.61. The van der Waals surface area contributed by atoms with Crippen LogP contribution in [-0.2, 0) is 35.7 Å². The van der Waals surface area contributed by atoms with E-state index in [0.717, 1.165) is 0 Å². The summed E-state index contributed by atoms with van der Waals surface area (Å²) in [4.78, 5) is 34.0. The molecule has 10 nitrogen and oxygen atoms in total. The Balaban J connectivity index is 1.79. The standard InChI is InChI=1S/C18H20N2O8S/c1-12(21)20-13-3-6-15(7-4-13)29(24,25)19-10-9-17(22)27-11-14-5-8-16(28-14)18(23)26-2/h3-8,19H,9-11H2,1-2H3,(H,20,21). The van der Waals surface area contributed by atoms with Crippen LogP contribution < -0.4 is 10.0 Å². The molecule has 0 atom stereocenters. The zero-order chi connectivity index (χ0) is 21.4. The van der Waals surface area contributed by atoms with Crippen LogP contribution in [-0.4, -0.2) is 39.9 Å². The van der Waals surface area contributed by atoms with E-state index in [-0.39, 0.29) is 41.9 Å². The first kappa shape index (κ1) is 22.1. The van der Waals surface area contributed by atoms with Gasteiger partial charge in [-0.05, 0) is 36.4 Å². The zero-order valence-corrected chi connectivity index (χ0v) is 16.6. The van der Waals surface area contributed by atoms with Gasteiger partial charge in [0.2, 0.25) is 21.7 Å². The molecule has 0 spiro atoms. The van der Waals surface area contributed by atoms with E-state index in [1.807, 2.05) is 0 Å². The number of carbonyl (C=O) groups excluding carboxylic acids is 3. The molecule has 0 unspecified atom stereocenters. The molecule has 1 aromatic heterocycles. The first-order valence-electron chi connectivity index (χ1n) is 8.41. The third-order valence-electron chi connectivity index (χ3n) is 3.53. The van der Waals surface area contributed by atoms with E-state index in [1.54, 1.807) is 0 Å². The smallest absolute Gasteiger partial charge is 0.373 e. The molecule has 0 radical (unpaired) electrons. The Morgan fingerprint density at radius 3 is 2.38 bits per heavy atom. The number of hydrogen-bond acceptors (Lipinski definition) is 8. The van der Waals surface area contributed by atoms with Gasteiger partial charge >= 0.3 is 11.9 Å². The molecule has 2 rings (SSSR count). The maximum absolute atomic E-state index is 12.2. The minimum absolute atomic E-state index is 0.00843. The van der Waals surface area contributed by atoms with Gasteiger partial charge in [0.05, 0.1) is 18.4 Å². The van der Waals surface area contributed by atoms with Crippen molar-refractivity contribution in [3.05, 3.63) is 47.9 Å². The molecule has 1 amide bonds. The van der Waals surface area contributed by atoms with E-state index in [4.69, 9.17) is 9.15 Å². The van der Waals surface area contributed by atoms with Crippen LogP contribution in [0.2, 0.25) is 0 Å². The highest BCUT2D eigenvalue weighted by atomic mass is 32.2. The van der Waals surface area contributed by atoms with Crippen molar-refractivity contribution in [2.24, 2.45) is 0 Å². The van der Waals surface area contributed by atoms with Crippen molar-refractivity contribution in [3.63, 3.8) is 0 Å². The van der Waals surface area contributed by atoms with Gasteiger partial charge in [-0.25, -0.2) is 17.9 Å². The van der Waals surface area contributed by atoms with E-state index in [2.05, 4.69) is 14.8 Å². The van der Waals surface area contributed by atoms with Gasteiger partial charge < -0.3 is 19.2 Å². The molecule has 11 heteroatoms. The molecule has 156 valence electrons. The lowest BCUT2D eigenvalue weighted by atomic mass is 10.3. The fourth-order valence-corrected chi connectivity index (χ4v) is 3.21. The third-order valence-corrected chi connectivity index (χ3v) is 5.01. The number of ether oxygens (including phenoxy) is 2. The van der Waals surface area contributed by atoms with Gasteiger partial charge in [-0.2, -0.15) is 0 Å².